The second-order valence-electron chi connectivity index (χ2n) is 4.88. The lowest BCUT2D eigenvalue weighted by Crippen LogP contribution is -2.44. The lowest BCUT2D eigenvalue weighted by molar-refractivity contribution is -0.133. The average Bonchev–Trinajstić information content (AvgIpc) is 2.88. The van der Waals surface area contributed by atoms with Crippen molar-refractivity contribution < 1.29 is 4.79 Å². The summed E-state index contributed by atoms with van der Waals surface area (Å²) >= 11 is 0. The molecule has 1 unspecified atom stereocenters. The molecule has 1 N–H and O–H groups in total. The van der Waals surface area contributed by atoms with Crippen LogP contribution in [0.4, 0.5) is 0 Å². The number of carbonyl (C=O) groups is 1. The topological polar surface area (TPSA) is 32.3 Å². The van der Waals surface area contributed by atoms with Crippen molar-refractivity contribution in [3.8, 4) is 0 Å². The first kappa shape index (κ1) is 10.9. The molecule has 0 aromatic rings. The zero-order valence-corrected chi connectivity index (χ0v) is 9.67. The number of nitrogens with zero attached hydrogens (tertiary/aromatic N) is 1. The van der Waals surface area contributed by atoms with E-state index in [9.17, 15) is 4.79 Å². The summed E-state index contributed by atoms with van der Waals surface area (Å²) in [5.41, 5.74) is 0. The molecule has 1 aliphatic heterocycles. The van der Waals surface area contributed by atoms with Gasteiger partial charge in [0.25, 0.3) is 0 Å². The molecule has 1 atom stereocenters. The average molecular weight is 210 g/mol. The molecule has 0 radical (unpaired) electrons. The Labute approximate surface area is 92.2 Å². The second-order valence-corrected chi connectivity index (χ2v) is 4.88. The molecule has 1 saturated heterocycles. The van der Waals surface area contributed by atoms with Gasteiger partial charge in [-0.15, -0.1) is 0 Å². The van der Waals surface area contributed by atoms with E-state index in [1.54, 1.807) is 0 Å². The molecule has 86 valence electrons. The van der Waals surface area contributed by atoms with Crippen LogP contribution in [0.5, 0.6) is 0 Å². The van der Waals surface area contributed by atoms with Gasteiger partial charge in [-0.2, -0.15) is 0 Å². The van der Waals surface area contributed by atoms with Crippen molar-refractivity contribution in [2.24, 2.45) is 5.92 Å². The Kier molecular flexibility index (Phi) is 3.62. The van der Waals surface area contributed by atoms with Gasteiger partial charge in [0, 0.05) is 13.1 Å². The Morgan fingerprint density at radius 1 is 1.40 bits per heavy atom. The summed E-state index contributed by atoms with van der Waals surface area (Å²) in [5.74, 6) is 1.16. The normalized spacial score (nSPS) is 25.5. The number of nitrogens with one attached hydrogen (secondary N) is 1. The molecule has 15 heavy (non-hydrogen) atoms. The Bertz CT molecular complexity index is 220. The van der Waals surface area contributed by atoms with Crippen molar-refractivity contribution in [1.29, 1.82) is 0 Å². The van der Waals surface area contributed by atoms with Gasteiger partial charge in [0.15, 0.2) is 0 Å². The van der Waals surface area contributed by atoms with Gasteiger partial charge in [0.1, 0.15) is 0 Å². The van der Waals surface area contributed by atoms with Crippen molar-refractivity contribution in [2.75, 3.05) is 19.6 Å². The number of carbonyl (C=O) groups excluding carboxylic acids is 1. The molecule has 0 bridgehead atoms. The quantitative estimate of drug-likeness (QED) is 0.743. The molecular formula is C12H22N2O. The lowest BCUT2D eigenvalue weighted by atomic mass is 10.2. The van der Waals surface area contributed by atoms with Crippen LogP contribution in [0.1, 0.15) is 39.0 Å². The van der Waals surface area contributed by atoms with Crippen LogP contribution in [0, 0.1) is 5.92 Å². The molecule has 2 aliphatic rings. The minimum Gasteiger partial charge on any atom is -0.341 e. The van der Waals surface area contributed by atoms with E-state index in [1.165, 1.54) is 12.8 Å². The Morgan fingerprint density at radius 3 is 2.73 bits per heavy atom. The molecule has 2 fully saturated rings. The molecule has 1 heterocycles. The van der Waals surface area contributed by atoms with E-state index >= 15 is 0 Å². The SMILES string of the molecule is CCCN(CC1CC1)C(=O)C1CCCN1. The third kappa shape index (κ3) is 2.94. The van der Waals surface area contributed by atoms with E-state index in [0.717, 1.165) is 44.8 Å². The van der Waals surface area contributed by atoms with Gasteiger partial charge < -0.3 is 10.2 Å². The van der Waals surface area contributed by atoms with Crippen LogP contribution in [0.3, 0.4) is 0 Å². The van der Waals surface area contributed by atoms with Crippen LogP contribution in [-0.4, -0.2) is 36.5 Å². The fourth-order valence-electron chi connectivity index (χ4n) is 2.29. The molecule has 1 amide bonds. The van der Waals surface area contributed by atoms with Gasteiger partial charge in [-0.1, -0.05) is 6.92 Å². The first-order valence-electron chi connectivity index (χ1n) is 6.33. The first-order chi connectivity index (χ1) is 7.31. The number of amides is 1. The second kappa shape index (κ2) is 4.97. The van der Waals surface area contributed by atoms with Crippen LogP contribution in [-0.2, 0) is 4.79 Å². The largest absolute Gasteiger partial charge is 0.341 e. The highest BCUT2D eigenvalue weighted by molar-refractivity contribution is 5.82. The Morgan fingerprint density at radius 2 is 2.20 bits per heavy atom. The highest BCUT2D eigenvalue weighted by Crippen LogP contribution is 2.30. The van der Waals surface area contributed by atoms with E-state index in [1.807, 2.05) is 0 Å². The maximum Gasteiger partial charge on any atom is 0.239 e. The number of hydrogen-bond donors (Lipinski definition) is 1. The van der Waals surface area contributed by atoms with Crippen LogP contribution >= 0.6 is 0 Å². The zero-order chi connectivity index (χ0) is 10.7. The van der Waals surface area contributed by atoms with Crippen molar-refractivity contribution in [2.45, 2.75) is 45.1 Å². The maximum atomic E-state index is 12.2. The monoisotopic (exact) mass is 210 g/mol. The molecule has 0 aromatic carbocycles. The minimum atomic E-state index is 0.121. The summed E-state index contributed by atoms with van der Waals surface area (Å²) in [4.78, 5) is 14.2. The van der Waals surface area contributed by atoms with Gasteiger partial charge in [-0.25, -0.2) is 0 Å². The van der Waals surface area contributed by atoms with Gasteiger partial charge in [0.2, 0.25) is 5.91 Å². The maximum absolute atomic E-state index is 12.2. The third-order valence-electron chi connectivity index (χ3n) is 3.34. The summed E-state index contributed by atoms with van der Waals surface area (Å²) in [6.45, 7) is 5.10. The van der Waals surface area contributed by atoms with Gasteiger partial charge in [-0.3, -0.25) is 4.79 Å². The fraction of sp³-hybridized carbons (Fsp3) is 0.917. The number of rotatable bonds is 5. The minimum absolute atomic E-state index is 0.121. The van der Waals surface area contributed by atoms with Crippen molar-refractivity contribution in [3.05, 3.63) is 0 Å². The summed E-state index contributed by atoms with van der Waals surface area (Å²) in [7, 11) is 0. The van der Waals surface area contributed by atoms with E-state index in [4.69, 9.17) is 0 Å². The standard InChI is InChI=1S/C12H22N2O/c1-2-8-14(9-10-5-6-10)12(15)11-4-3-7-13-11/h10-11,13H,2-9H2,1H3. The van der Waals surface area contributed by atoms with Crippen LogP contribution < -0.4 is 5.32 Å². The van der Waals surface area contributed by atoms with E-state index in [-0.39, 0.29) is 6.04 Å². The fourth-order valence-corrected chi connectivity index (χ4v) is 2.29. The molecule has 3 heteroatoms. The summed E-state index contributed by atoms with van der Waals surface area (Å²) in [6, 6.07) is 0.121. The first-order valence-corrected chi connectivity index (χ1v) is 6.33. The zero-order valence-electron chi connectivity index (χ0n) is 9.67. The predicted molar refractivity (Wildman–Crippen MR) is 60.6 cm³/mol. The smallest absolute Gasteiger partial charge is 0.239 e. The van der Waals surface area contributed by atoms with Crippen LogP contribution in [0.2, 0.25) is 0 Å². The molecule has 0 spiro atoms. The molecule has 1 aliphatic carbocycles. The van der Waals surface area contributed by atoms with Crippen LogP contribution in [0.15, 0.2) is 0 Å². The lowest BCUT2D eigenvalue weighted by Gasteiger charge is -2.25. The van der Waals surface area contributed by atoms with Crippen molar-refractivity contribution in [1.82, 2.24) is 10.2 Å². The van der Waals surface area contributed by atoms with Crippen molar-refractivity contribution >= 4 is 5.91 Å². The highest BCUT2D eigenvalue weighted by atomic mass is 16.2. The van der Waals surface area contributed by atoms with Crippen molar-refractivity contribution in [3.63, 3.8) is 0 Å². The summed E-state index contributed by atoms with van der Waals surface area (Å²) < 4.78 is 0. The molecular weight excluding hydrogens is 188 g/mol. The third-order valence-corrected chi connectivity index (χ3v) is 3.34. The predicted octanol–water partition coefficient (Wildman–Crippen LogP) is 1.39. The van der Waals surface area contributed by atoms with Gasteiger partial charge in [-0.05, 0) is 44.6 Å². The molecule has 0 aromatic heterocycles. The molecule has 3 nitrogen and oxygen atoms in total. The van der Waals surface area contributed by atoms with E-state index < -0.39 is 0 Å². The van der Waals surface area contributed by atoms with Gasteiger partial charge >= 0.3 is 0 Å². The summed E-state index contributed by atoms with van der Waals surface area (Å²) in [6.07, 6.45) is 5.91. The van der Waals surface area contributed by atoms with Gasteiger partial charge in [0.05, 0.1) is 6.04 Å². The Hall–Kier alpha value is -0.570. The van der Waals surface area contributed by atoms with E-state index in [2.05, 4.69) is 17.1 Å². The highest BCUT2D eigenvalue weighted by Gasteiger charge is 2.30. The Balaban J connectivity index is 1.86. The summed E-state index contributed by atoms with van der Waals surface area (Å²) in [5, 5.41) is 3.30. The van der Waals surface area contributed by atoms with E-state index in [0.29, 0.717) is 5.91 Å². The molecule has 1 saturated carbocycles. The molecule has 2 rings (SSSR count). The number of hydrogen-bond acceptors (Lipinski definition) is 2. The van der Waals surface area contributed by atoms with Crippen LogP contribution in [0.25, 0.3) is 0 Å².